The molecule has 0 aliphatic carbocycles. The molecule has 3 nitrogen and oxygen atoms in total. The lowest BCUT2D eigenvalue weighted by Crippen LogP contribution is -2.18. The van der Waals surface area contributed by atoms with Crippen molar-refractivity contribution in [3.8, 4) is 0 Å². The number of esters is 1. The van der Waals surface area contributed by atoms with E-state index in [1.54, 1.807) is 24.4 Å². The fraction of sp³-hybridized carbons (Fsp3) is 0.360. The van der Waals surface area contributed by atoms with Crippen LogP contribution in [-0.4, -0.2) is 17.1 Å². The summed E-state index contributed by atoms with van der Waals surface area (Å²) in [5.74, 6) is -0.362. The Hall–Kier alpha value is -2.68. The number of aromatic nitrogens is 1. The summed E-state index contributed by atoms with van der Waals surface area (Å²) in [5, 5.41) is 0. The number of allylic oxidation sites excluding steroid dienone is 3. The van der Waals surface area contributed by atoms with E-state index in [1.807, 2.05) is 6.07 Å². The molecule has 0 aliphatic rings. The van der Waals surface area contributed by atoms with Crippen LogP contribution < -0.4 is 0 Å². The summed E-state index contributed by atoms with van der Waals surface area (Å²) < 4.78 is 5.78. The van der Waals surface area contributed by atoms with Crippen molar-refractivity contribution in [2.24, 2.45) is 0 Å². The minimum absolute atomic E-state index is 0.232. The van der Waals surface area contributed by atoms with Crippen molar-refractivity contribution in [2.45, 2.75) is 59.0 Å². The van der Waals surface area contributed by atoms with Crippen molar-refractivity contribution in [1.82, 2.24) is 4.98 Å². The number of benzene rings is 1. The van der Waals surface area contributed by atoms with Gasteiger partial charge >= 0.3 is 5.97 Å². The molecule has 0 radical (unpaired) electrons. The maximum atomic E-state index is 12.4. The Labute approximate surface area is 169 Å². The Kier molecular flexibility index (Phi) is 9.20. The number of ether oxygens (including phenoxy) is 1. The topological polar surface area (TPSA) is 39.2 Å². The van der Waals surface area contributed by atoms with E-state index in [2.05, 4.69) is 62.2 Å². The molecule has 0 saturated heterocycles. The summed E-state index contributed by atoms with van der Waals surface area (Å²) in [6, 6.07) is 15.7. The molecule has 148 valence electrons. The molecule has 1 heterocycles. The number of aryl methyl sites for hydroxylation is 1. The lowest BCUT2D eigenvalue weighted by atomic mass is 10.0. The van der Waals surface area contributed by atoms with E-state index in [0.29, 0.717) is 5.69 Å². The summed E-state index contributed by atoms with van der Waals surface area (Å²) >= 11 is 0. The molecule has 1 unspecified atom stereocenters. The van der Waals surface area contributed by atoms with Crippen LogP contribution in [0.25, 0.3) is 0 Å². The van der Waals surface area contributed by atoms with Gasteiger partial charge in [-0.25, -0.2) is 9.78 Å². The lowest BCUT2D eigenvalue weighted by Gasteiger charge is -2.16. The summed E-state index contributed by atoms with van der Waals surface area (Å²) in [4.78, 5) is 16.6. The number of hydrogen-bond donors (Lipinski definition) is 0. The molecule has 0 aliphatic heterocycles. The molecule has 3 heteroatoms. The first-order valence-corrected chi connectivity index (χ1v) is 10.0. The average molecular weight is 378 g/mol. The normalized spacial score (nSPS) is 12.3. The highest BCUT2D eigenvalue weighted by molar-refractivity contribution is 5.87. The van der Waals surface area contributed by atoms with Gasteiger partial charge in [0, 0.05) is 6.20 Å². The fourth-order valence-corrected chi connectivity index (χ4v) is 3.00. The first-order chi connectivity index (χ1) is 13.5. The van der Waals surface area contributed by atoms with Crippen LogP contribution in [0.4, 0.5) is 0 Å². The van der Waals surface area contributed by atoms with Gasteiger partial charge < -0.3 is 4.74 Å². The second-order valence-corrected chi connectivity index (χ2v) is 7.37. The SMILES string of the molecule is CC(C)=CCC/C(C)=C\C(CCCc1ccccc1)OC(=O)c1ccccn1. The number of hydrogen-bond acceptors (Lipinski definition) is 3. The van der Waals surface area contributed by atoms with Crippen LogP contribution in [0.2, 0.25) is 0 Å². The predicted octanol–water partition coefficient (Wildman–Crippen LogP) is 6.32. The van der Waals surface area contributed by atoms with Crippen molar-refractivity contribution < 1.29 is 9.53 Å². The zero-order chi connectivity index (χ0) is 20.2. The van der Waals surface area contributed by atoms with Crippen molar-refractivity contribution >= 4 is 5.97 Å². The summed E-state index contributed by atoms with van der Waals surface area (Å²) in [5.41, 5.74) is 4.23. The van der Waals surface area contributed by atoms with Crippen molar-refractivity contribution in [2.75, 3.05) is 0 Å². The quantitative estimate of drug-likeness (QED) is 0.359. The molecular formula is C25H31NO2. The van der Waals surface area contributed by atoms with E-state index in [-0.39, 0.29) is 12.1 Å². The Morgan fingerprint density at radius 3 is 2.50 bits per heavy atom. The van der Waals surface area contributed by atoms with Crippen LogP contribution in [0.1, 0.15) is 62.5 Å². The second-order valence-electron chi connectivity index (χ2n) is 7.37. The minimum Gasteiger partial charge on any atom is -0.453 e. The Balaban J connectivity index is 1.99. The zero-order valence-corrected chi connectivity index (χ0v) is 17.2. The minimum atomic E-state index is -0.362. The maximum absolute atomic E-state index is 12.4. The van der Waals surface area contributed by atoms with E-state index in [1.165, 1.54) is 16.7 Å². The second kappa shape index (κ2) is 11.9. The first kappa shape index (κ1) is 21.6. The number of nitrogens with zero attached hydrogens (tertiary/aromatic N) is 1. The molecule has 1 atom stereocenters. The third-order valence-electron chi connectivity index (χ3n) is 4.49. The van der Waals surface area contributed by atoms with E-state index in [0.717, 1.165) is 32.1 Å². The van der Waals surface area contributed by atoms with Gasteiger partial charge in [0.05, 0.1) is 0 Å². The Morgan fingerprint density at radius 2 is 1.82 bits per heavy atom. The first-order valence-electron chi connectivity index (χ1n) is 10.0. The Morgan fingerprint density at radius 1 is 1.07 bits per heavy atom. The largest absolute Gasteiger partial charge is 0.453 e. The zero-order valence-electron chi connectivity index (χ0n) is 17.2. The van der Waals surface area contributed by atoms with E-state index >= 15 is 0 Å². The van der Waals surface area contributed by atoms with Crippen molar-refractivity contribution in [1.29, 1.82) is 0 Å². The van der Waals surface area contributed by atoms with Gasteiger partial charge in [-0.1, -0.05) is 53.6 Å². The molecule has 0 amide bonds. The summed E-state index contributed by atoms with van der Waals surface area (Å²) in [7, 11) is 0. The fourth-order valence-electron chi connectivity index (χ4n) is 3.00. The smallest absolute Gasteiger partial charge is 0.357 e. The van der Waals surface area contributed by atoms with Gasteiger partial charge in [-0.05, 0) is 76.6 Å². The molecule has 1 aromatic carbocycles. The highest BCUT2D eigenvalue weighted by atomic mass is 16.5. The van der Waals surface area contributed by atoms with Gasteiger partial charge in [-0.2, -0.15) is 0 Å². The van der Waals surface area contributed by atoms with Gasteiger partial charge in [0.25, 0.3) is 0 Å². The standard InChI is InChI=1S/C25H31NO2/c1-20(2)11-9-12-21(3)19-23(16-10-15-22-13-5-4-6-14-22)28-25(27)24-17-7-8-18-26-24/h4-8,11,13-14,17-19,23H,9-10,12,15-16H2,1-3H3/b21-19-. The number of rotatable bonds is 10. The third kappa shape index (κ3) is 8.34. The van der Waals surface area contributed by atoms with E-state index < -0.39 is 0 Å². The molecule has 0 bridgehead atoms. The average Bonchev–Trinajstić information content (AvgIpc) is 2.69. The van der Waals surface area contributed by atoms with Crippen LogP contribution in [0.5, 0.6) is 0 Å². The van der Waals surface area contributed by atoms with Crippen LogP contribution in [0.3, 0.4) is 0 Å². The highest BCUT2D eigenvalue weighted by Gasteiger charge is 2.15. The van der Waals surface area contributed by atoms with Crippen LogP contribution in [0.15, 0.2) is 78.0 Å². The summed E-state index contributed by atoms with van der Waals surface area (Å²) in [6.07, 6.45) is 10.4. The van der Waals surface area contributed by atoms with Gasteiger partial charge in [0.2, 0.25) is 0 Å². The molecule has 2 aromatic rings. The van der Waals surface area contributed by atoms with Crippen molar-refractivity contribution in [3.05, 3.63) is 89.3 Å². The van der Waals surface area contributed by atoms with Crippen LogP contribution in [-0.2, 0) is 11.2 Å². The predicted molar refractivity (Wildman–Crippen MR) is 115 cm³/mol. The maximum Gasteiger partial charge on any atom is 0.357 e. The van der Waals surface area contributed by atoms with E-state index in [4.69, 9.17) is 4.74 Å². The Bertz CT molecular complexity index is 775. The van der Waals surface area contributed by atoms with Crippen LogP contribution in [0, 0.1) is 0 Å². The molecule has 1 aromatic heterocycles. The molecule has 2 rings (SSSR count). The number of carbonyl (C=O) groups excluding carboxylic acids is 1. The van der Waals surface area contributed by atoms with Crippen molar-refractivity contribution in [3.63, 3.8) is 0 Å². The number of pyridine rings is 1. The summed E-state index contributed by atoms with van der Waals surface area (Å²) in [6.45, 7) is 6.33. The molecule has 0 N–H and O–H groups in total. The third-order valence-corrected chi connectivity index (χ3v) is 4.49. The molecule has 0 spiro atoms. The molecule has 28 heavy (non-hydrogen) atoms. The monoisotopic (exact) mass is 377 g/mol. The van der Waals surface area contributed by atoms with Gasteiger partial charge in [-0.3, -0.25) is 0 Å². The van der Waals surface area contributed by atoms with Crippen LogP contribution >= 0.6 is 0 Å². The molecule has 0 fully saturated rings. The number of carbonyl (C=O) groups is 1. The lowest BCUT2D eigenvalue weighted by molar-refractivity contribution is 0.0369. The van der Waals surface area contributed by atoms with E-state index in [9.17, 15) is 4.79 Å². The van der Waals surface area contributed by atoms with Gasteiger partial charge in [-0.15, -0.1) is 0 Å². The highest BCUT2D eigenvalue weighted by Crippen LogP contribution is 2.16. The molecular weight excluding hydrogens is 346 g/mol. The van der Waals surface area contributed by atoms with Gasteiger partial charge in [0.15, 0.2) is 0 Å². The van der Waals surface area contributed by atoms with Gasteiger partial charge in [0.1, 0.15) is 11.8 Å². The molecule has 0 saturated carbocycles.